The van der Waals surface area contributed by atoms with Crippen LogP contribution in [0.3, 0.4) is 0 Å². The van der Waals surface area contributed by atoms with Gasteiger partial charge in [-0.25, -0.2) is 0 Å². The largest absolute Gasteiger partial charge is 0.392 e. The van der Waals surface area contributed by atoms with Gasteiger partial charge in [0.05, 0.1) is 6.10 Å². The van der Waals surface area contributed by atoms with Gasteiger partial charge in [-0.05, 0) is 6.42 Å². The third-order valence-corrected chi connectivity index (χ3v) is 2.27. The molecule has 0 bridgehead atoms. The Hall–Kier alpha value is -0.610. The number of likely N-dealkylation sites (tertiary alicyclic amines) is 1. The molecule has 1 heterocycles. The Kier molecular flexibility index (Phi) is 3.05. The summed E-state index contributed by atoms with van der Waals surface area (Å²) in [6.45, 7) is 4.04. The molecule has 0 aromatic rings. The number of aliphatic hydroxyl groups excluding tert-OH is 1. The highest BCUT2D eigenvalue weighted by molar-refractivity contribution is 5.76. The van der Waals surface area contributed by atoms with Crippen LogP contribution in [0.4, 0.5) is 0 Å². The van der Waals surface area contributed by atoms with Crippen LogP contribution in [0.5, 0.6) is 0 Å². The Labute approximate surface area is 72.3 Å². The van der Waals surface area contributed by atoms with Crippen molar-refractivity contribution in [2.75, 3.05) is 19.6 Å². The Bertz CT molecular complexity index is 172. The van der Waals surface area contributed by atoms with Crippen molar-refractivity contribution in [2.24, 2.45) is 11.7 Å². The van der Waals surface area contributed by atoms with E-state index in [-0.39, 0.29) is 17.9 Å². The maximum atomic E-state index is 10.7. The predicted molar refractivity (Wildman–Crippen MR) is 45.4 cm³/mol. The molecule has 0 spiro atoms. The van der Waals surface area contributed by atoms with Gasteiger partial charge in [-0.15, -0.1) is 0 Å². The topological polar surface area (TPSA) is 66.6 Å². The summed E-state index contributed by atoms with van der Waals surface area (Å²) < 4.78 is 0. The van der Waals surface area contributed by atoms with Crippen LogP contribution in [0.25, 0.3) is 0 Å². The van der Waals surface area contributed by atoms with Crippen LogP contribution < -0.4 is 5.73 Å². The van der Waals surface area contributed by atoms with E-state index in [2.05, 4.69) is 4.90 Å². The fourth-order valence-electron chi connectivity index (χ4n) is 1.46. The third-order valence-electron chi connectivity index (χ3n) is 2.27. The first-order chi connectivity index (χ1) is 5.59. The van der Waals surface area contributed by atoms with Crippen LogP contribution in [0.1, 0.15) is 13.3 Å². The van der Waals surface area contributed by atoms with Crippen molar-refractivity contribution in [3.05, 3.63) is 0 Å². The molecule has 1 rings (SSSR count). The van der Waals surface area contributed by atoms with Crippen molar-refractivity contribution < 1.29 is 9.90 Å². The van der Waals surface area contributed by atoms with E-state index in [4.69, 9.17) is 5.73 Å². The molecule has 2 atom stereocenters. The molecule has 0 aromatic carbocycles. The lowest BCUT2D eigenvalue weighted by atomic mass is 10.1. The monoisotopic (exact) mass is 172 g/mol. The zero-order valence-electron chi connectivity index (χ0n) is 7.36. The summed E-state index contributed by atoms with van der Waals surface area (Å²) in [5.41, 5.74) is 5.12. The summed E-state index contributed by atoms with van der Waals surface area (Å²) in [6.07, 6.45) is 0.593. The summed E-state index contributed by atoms with van der Waals surface area (Å²) in [6, 6.07) is 0. The van der Waals surface area contributed by atoms with Crippen LogP contribution in [-0.4, -0.2) is 41.7 Å². The van der Waals surface area contributed by atoms with Gasteiger partial charge in [-0.3, -0.25) is 9.69 Å². The predicted octanol–water partition coefficient (Wildman–Crippen LogP) is -0.826. The zero-order chi connectivity index (χ0) is 9.14. The number of carbonyl (C=O) groups excluding carboxylic acids is 1. The van der Waals surface area contributed by atoms with Gasteiger partial charge < -0.3 is 10.8 Å². The molecule has 1 amide bonds. The van der Waals surface area contributed by atoms with Crippen molar-refractivity contribution in [1.29, 1.82) is 0 Å². The normalized spacial score (nSPS) is 27.3. The van der Waals surface area contributed by atoms with Crippen molar-refractivity contribution in [2.45, 2.75) is 19.4 Å². The van der Waals surface area contributed by atoms with Gasteiger partial charge in [-0.2, -0.15) is 0 Å². The summed E-state index contributed by atoms with van der Waals surface area (Å²) in [5, 5.41) is 9.19. The molecule has 1 unspecified atom stereocenters. The van der Waals surface area contributed by atoms with E-state index in [0.29, 0.717) is 13.1 Å². The van der Waals surface area contributed by atoms with Gasteiger partial charge in [0.2, 0.25) is 5.91 Å². The van der Waals surface area contributed by atoms with Crippen LogP contribution >= 0.6 is 0 Å². The molecule has 1 fully saturated rings. The minimum Gasteiger partial charge on any atom is -0.392 e. The lowest BCUT2D eigenvalue weighted by Crippen LogP contribution is -2.33. The molecule has 12 heavy (non-hydrogen) atoms. The van der Waals surface area contributed by atoms with E-state index in [9.17, 15) is 9.90 Å². The Balaban J connectivity index is 2.27. The second kappa shape index (κ2) is 3.87. The number of hydrogen-bond donors (Lipinski definition) is 2. The highest BCUT2D eigenvalue weighted by atomic mass is 16.3. The van der Waals surface area contributed by atoms with Crippen LogP contribution in [0.15, 0.2) is 0 Å². The van der Waals surface area contributed by atoms with Gasteiger partial charge >= 0.3 is 0 Å². The second-order valence-corrected chi connectivity index (χ2v) is 3.51. The smallest absolute Gasteiger partial charge is 0.221 e. The first kappa shape index (κ1) is 9.48. The summed E-state index contributed by atoms with van der Waals surface area (Å²) in [4.78, 5) is 12.8. The average molecular weight is 172 g/mol. The van der Waals surface area contributed by atoms with Gasteiger partial charge in [0, 0.05) is 25.6 Å². The van der Waals surface area contributed by atoms with E-state index in [1.807, 2.05) is 6.92 Å². The first-order valence-corrected chi connectivity index (χ1v) is 4.29. The molecule has 0 radical (unpaired) electrons. The zero-order valence-corrected chi connectivity index (χ0v) is 7.36. The highest BCUT2D eigenvalue weighted by Crippen LogP contribution is 2.10. The van der Waals surface area contributed by atoms with Gasteiger partial charge in [-0.1, -0.05) is 6.92 Å². The first-order valence-electron chi connectivity index (χ1n) is 4.29. The highest BCUT2D eigenvalue weighted by Gasteiger charge is 2.22. The number of rotatable bonds is 3. The Morgan fingerprint density at radius 2 is 2.50 bits per heavy atom. The van der Waals surface area contributed by atoms with Gasteiger partial charge in [0.15, 0.2) is 0 Å². The molecule has 4 nitrogen and oxygen atoms in total. The molecule has 4 heteroatoms. The fourth-order valence-corrected chi connectivity index (χ4v) is 1.46. The maximum Gasteiger partial charge on any atom is 0.221 e. The van der Waals surface area contributed by atoms with E-state index in [1.165, 1.54) is 0 Å². The molecular formula is C8H16N2O2. The van der Waals surface area contributed by atoms with E-state index < -0.39 is 0 Å². The van der Waals surface area contributed by atoms with Crippen LogP contribution in [0, 0.1) is 5.92 Å². The van der Waals surface area contributed by atoms with E-state index >= 15 is 0 Å². The molecule has 3 N–H and O–H groups in total. The maximum absolute atomic E-state index is 10.7. The SMILES string of the molecule is CC(CN1CC[C@@H](O)C1)C(N)=O. The average Bonchev–Trinajstić information content (AvgIpc) is 2.35. The molecule has 70 valence electrons. The number of aliphatic hydroxyl groups is 1. The second-order valence-electron chi connectivity index (χ2n) is 3.51. The van der Waals surface area contributed by atoms with Gasteiger partial charge in [0.1, 0.15) is 0 Å². The summed E-state index contributed by atoms with van der Waals surface area (Å²) >= 11 is 0. The van der Waals surface area contributed by atoms with Crippen molar-refractivity contribution in [3.8, 4) is 0 Å². The van der Waals surface area contributed by atoms with Crippen molar-refractivity contribution >= 4 is 5.91 Å². The number of amides is 1. The Morgan fingerprint density at radius 1 is 1.83 bits per heavy atom. The van der Waals surface area contributed by atoms with Crippen LogP contribution in [-0.2, 0) is 4.79 Å². The molecule has 0 saturated carbocycles. The molecule has 0 aliphatic carbocycles. The minimum absolute atomic E-state index is 0.115. The summed E-state index contributed by atoms with van der Waals surface area (Å²) in [5.74, 6) is -0.383. The lowest BCUT2D eigenvalue weighted by Gasteiger charge is -2.17. The minimum atomic E-state index is -0.267. The number of nitrogens with zero attached hydrogens (tertiary/aromatic N) is 1. The van der Waals surface area contributed by atoms with Crippen LogP contribution in [0.2, 0.25) is 0 Å². The number of β-amino-alcohol motifs (C(OH)–C–C–N with tert-alkyl or cyclic N) is 1. The number of carbonyl (C=O) groups is 1. The number of hydrogen-bond acceptors (Lipinski definition) is 3. The molecular weight excluding hydrogens is 156 g/mol. The Morgan fingerprint density at radius 3 is 2.92 bits per heavy atom. The van der Waals surface area contributed by atoms with E-state index in [0.717, 1.165) is 13.0 Å². The number of primary amides is 1. The van der Waals surface area contributed by atoms with Crippen molar-refractivity contribution in [1.82, 2.24) is 4.90 Å². The summed E-state index contributed by atoms with van der Waals surface area (Å²) in [7, 11) is 0. The van der Waals surface area contributed by atoms with Crippen molar-refractivity contribution in [3.63, 3.8) is 0 Å². The fraction of sp³-hybridized carbons (Fsp3) is 0.875. The molecule has 1 aliphatic heterocycles. The molecule has 1 saturated heterocycles. The lowest BCUT2D eigenvalue weighted by molar-refractivity contribution is -0.121. The standard InChI is InChI=1S/C8H16N2O2/c1-6(8(9)12)4-10-3-2-7(11)5-10/h6-7,11H,2-5H2,1H3,(H2,9,12)/t6?,7-/m1/s1. The molecule has 0 aromatic heterocycles. The number of nitrogens with two attached hydrogens (primary N) is 1. The van der Waals surface area contributed by atoms with Gasteiger partial charge in [0.25, 0.3) is 0 Å². The van der Waals surface area contributed by atoms with E-state index in [1.54, 1.807) is 0 Å². The third kappa shape index (κ3) is 2.46. The molecule has 1 aliphatic rings. The quantitative estimate of drug-likeness (QED) is 0.584.